The Hall–Kier alpha value is -2.78. The maximum atomic E-state index is 12.9. The summed E-state index contributed by atoms with van der Waals surface area (Å²) in [4.78, 5) is 18.8. The Balaban J connectivity index is 1.82. The van der Waals surface area contributed by atoms with Crippen LogP contribution in [-0.2, 0) is 27.9 Å². The highest BCUT2D eigenvalue weighted by Crippen LogP contribution is 2.28. The van der Waals surface area contributed by atoms with Gasteiger partial charge in [0, 0.05) is 24.5 Å². The monoisotopic (exact) mass is 402 g/mol. The number of rotatable bonds is 6. The van der Waals surface area contributed by atoms with Crippen molar-refractivity contribution in [3.05, 3.63) is 70.7 Å². The molecule has 0 unspecified atom stereocenters. The standard InChI is InChI=1S/C19H22N4O4S/c1-4-15(5-2)28(26,27)23-10-14-9-22(11-17(14)21-23)19(25)16(12-24)18-13(3)7-6-8-20-18/h4-8,10,16,24H,1,9,11-12H2,2-3H3/b15-5+/t16-/m1/s1. The van der Waals surface area contributed by atoms with Crippen LogP contribution in [0.1, 0.15) is 35.4 Å². The quantitative estimate of drug-likeness (QED) is 0.734. The Kier molecular flexibility index (Phi) is 5.48. The van der Waals surface area contributed by atoms with Crippen LogP contribution in [0.2, 0.25) is 0 Å². The van der Waals surface area contributed by atoms with Crippen LogP contribution in [0.5, 0.6) is 0 Å². The third-order valence-electron chi connectivity index (χ3n) is 4.76. The number of nitrogens with zero attached hydrogens (tertiary/aromatic N) is 4. The molecule has 28 heavy (non-hydrogen) atoms. The summed E-state index contributed by atoms with van der Waals surface area (Å²) in [6, 6.07) is 3.61. The van der Waals surface area contributed by atoms with E-state index in [0.29, 0.717) is 17.0 Å². The van der Waals surface area contributed by atoms with E-state index in [4.69, 9.17) is 0 Å². The van der Waals surface area contributed by atoms with Crippen molar-refractivity contribution >= 4 is 15.9 Å². The Labute approximate surface area is 163 Å². The van der Waals surface area contributed by atoms with E-state index in [1.54, 1.807) is 24.1 Å². The molecule has 3 heterocycles. The largest absolute Gasteiger partial charge is 0.395 e. The number of fused-ring (bicyclic) bond motifs is 1. The summed E-state index contributed by atoms with van der Waals surface area (Å²) in [6.07, 6.45) is 5.72. The molecule has 1 N–H and O–H groups in total. The zero-order valence-corrected chi connectivity index (χ0v) is 16.6. The van der Waals surface area contributed by atoms with E-state index >= 15 is 0 Å². The third kappa shape index (κ3) is 3.38. The minimum atomic E-state index is -3.79. The predicted octanol–water partition coefficient (Wildman–Crippen LogP) is 1.47. The SMILES string of the molecule is C=C/C(=C\C)S(=O)(=O)n1cc2c(n1)CN(C(=O)[C@H](CO)c1ncccc1C)C2. The molecule has 0 aromatic carbocycles. The number of amides is 1. The molecule has 3 rings (SSSR count). The van der Waals surface area contributed by atoms with Gasteiger partial charge in [-0.25, -0.2) is 0 Å². The van der Waals surface area contributed by atoms with Gasteiger partial charge in [0.2, 0.25) is 5.91 Å². The number of aliphatic hydroxyl groups excluding tert-OH is 1. The molecular formula is C19H22N4O4S. The molecule has 0 bridgehead atoms. The lowest BCUT2D eigenvalue weighted by Crippen LogP contribution is -2.33. The zero-order valence-electron chi connectivity index (χ0n) is 15.7. The summed E-state index contributed by atoms with van der Waals surface area (Å²) in [5.74, 6) is -1.03. The molecular weight excluding hydrogens is 380 g/mol. The lowest BCUT2D eigenvalue weighted by atomic mass is 10.00. The second-order valence-electron chi connectivity index (χ2n) is 6.51. The first-order chi connectivity index (χ1) is 13.3. The van der Waals surface area contributed by atoms with Crippen LogP contribution < -0.4 is 0 Å². The molecule has 148 valence electrons. The van der Waals surface area contributed by atoms with Crippen molar-refractivity contribution in [1.29, 1.82) is 0 Å². The fraction of sp³-hybridized carbons (Fsp3) is 0.316. The lowest BCUT2D eigenvalue weighted by Gasteiger charge is -2.22. The van der Waals surface area contributed by atoms with Gasteiger partial charge in [0.1, 0.15) is 5.92 Å². The number of aryl methyl sites for hydroxylation is 1. The first-order valence-electron chi connectivity index (χ1n) is 8.76. The molecule has 1 aliphatic rings. The van der Waals surface area contributed by atoms with Gasteiger partial charge < -0.3 is 10.0 Å². The van der Waals surface area contributed by atoms with E-state index in [0.717, 1.165) is 9.65 Å². The fourth-order valence-electron chi connectivity index (χ4n) is 3.25. The van der Waals surface area contributed by atoms with Crippen LogP contribution in [-0.4, -0.2) is 45.1 Å². The van der Waals surface area contributed by atoms with E-state index in [1.807, 2.05) is 13.0 Å². The summed E-state index contributed by atoms with van der Waals surface area (Å²) in [5.41, 5.74) is 2.54. The van der Waals surface area contributed by atoms with Crippen molar-refractivity contribution in [3.63, 3.8) is 0 Å². The van der Waals surface area contributed by atoms with E-state index in [2.05, 4.69) is 16.7 Å². The molecule has 2 aromatic heterocycles. The summed E-state index contributed by atoms with van der Waals surface area (Å²) < 4.78 is 26.0. The normalized spacial score (nSPS) is 15.4. The van der Waals surface area contributed by atoms with Crippen molar-refractivity contribution < 1.29 is 18.3 Å². The Morgan fingerprint density at radius 1 is 1.43 bits per heavy atom. The maximum Gasteiger partial charge on any atom is 0.282 e. The van der Waals surface area contributed by atoms with Crippen LogP contribution >= 0.6 is 0 Å². The first kappa shape index (κ1) is 20.0. The molecule has 0 radical (unpaired) electrons. The molecule has 0 spiro atoms. The van der Waals surface area contributed by atoms with Gasteiger partial charge in [-0.1, -0.05) is 18.7 Å². The number of hydrogen-bond donors (Lipinski definition) is 1. The van der Waals surface area contributed by atoms with Crippen molar-refractivity contribution in [2.75, 3.05) is 6.61 Å². The lowest BCUT2D eigenvalue weighted by molar-refractivity contribution is -0.134. The van der Waals surface area contributed by atoms with Crippen LogP contribution in [0.25, 0.3) is 0 Å². The van der Waals surface area contributed by atoms with Gasteiger partial charge in [0.15, 0.2) is 0 Å². The van der Waals surface area contributed by atoms with Crippen molar-refractivity contribution in [1.82, 2.24) is 19.1 Å². The minimum Gasteiger partial charge on any atom is -0.395 e. The highest BCUT2D eigenvalue weighted by Gasteiger charge is 2.34. The summed E-state index contributed by atoms with van der Waals surface area (Å²) in [7, 11) is -3.79. The molecule has 1 atom stereocenters. The number of allylic oxidation sites excluding steroid dienone is 2. The number of aromatic nitrogens is 3. The van der Waals surface area contributed by atoms with Gasteiger partial charge in [-0.3, -0.25) is 9.78 Å². The van der Waals surface area contributed by atoms with E-state index in [-0.39, 0.29) is 30.5 Å². The van der Waals surface area contributed by atoms with Crippen LogP contribution in [0, 0.1) is 6.92 Å². The number of pyridine rings is 1. The number of hydrogen-bond acceptors (Lipinski definition) is 6. The second kappa shape index (κ2) is 7.69. The van der Waals surface area contributed by atoms with Gasteiger partial charge in [-0.05, 0) is 31.6 Å². The molecule has 1 aliphatic heterocycles. The summed E-state index contributed by atoms with van der Waals surface area (Å²) in [5, 5.41) is 13.9. The Morgan fingerprint density at radius 3 is 2.75 bits per heavy atom. The third-order valence-corrected chi connectivity index (χ3v) is 6.44. The summed E-state index contributed by atoms with van der Waals surface area (Å²) in [6.45, 7) is 7.01. The van der Waals surface area contributed by atoms with Crippen LogP contribution in [0.3, 0.4) is 0 Å². The average molecular weight is 402 g/mol. The van der Waals surface area contributed by atoms with Crippen LogP contribution in [0.15, 0.2) is 48.2 Å². The number of carbonyl (C=O) groups is 1. The smallest absolute Gasteiger partial charge is 0.282 e. The molecule has 9 heteroatoms. The van der Waals surface area contributed by atoms with Gasteiger partial charge in [0.25, 0.3) is 10.0 Å². The highest BCUT2D eigenvalue weighted by molar-refractivity contribution is 7.93. The molecule has 1 amide bonds. The Bertz CT molecular complexity index is 1030. The van der Waals surface area contributed by atoms with E-state index in [1.165, 1.54) is 18.3 Å². The van der Waals surface area contributed by atoms with Gasteiger partial charge in [0.05, 0.1) is 29.4 Å². The molecule has 0 saturated carbocycles. The second-order valence-corrected chi connectivity index (χ2v) is 8.30. The first-order valence-corrected chi connectivity index (χ1v) is 10.2. The van der Waals surface area contributed by atoms with Gasteiger partial charge in [-0.2, -0.15) is 17.6 Å². The molecule has 0 saturated heterocycles. The van der Waals surface area contributed by atoms with Gasteiger partial charge in [-0.15, -0.1) is 0 Å². The van der Waals surface area contributed by atoms with E-state index < -0.39 is 15.9 Å². The van der Waals surface area contributed by atoms with Crippen LogP contribution in [0.4, 0.5) is 0 Å². The number of aliphatic hydroxyl groups is 1. The highest BCUT2D eigenvalue weighted by atomic mass is 32.2. The van der Waals surface area contributed by atoms with Gasteiger partial charge >= 0.3 is 0 Å². The topological polar surface area (TPSA) is 105 Å². The molecule has 0 aliphatic carbocycles. The molecule has 2 aromatic rings. The number of carbonyl (C=O) groups excluding carboxylic acids is 1. The molecule has 0 fully saturated rings. The summed E-state index contributed by atoms with van der Waals surface area (Å²) >= 11 is 0. The zero-order chi connectivity index (χ0) is 20.5. The molecule has 8 nitrogen and oxygen atoms in total. The maximum absolute atomic E-state index is 12.9. The predicted molar refractivity (Wildman–Crippen MR) is 104 cm³/mol. The fourth-order valence-corrected chi connectivity index (χ4v) is 4.45. The minimum absolute atomic E-state index is 0.0626. The van der Waals surface area contributed by atoms with E-state index in [9.17, 15) is 18.3 Å². The van der Waals surface area contributed by atoms with Crippen molar-refractivity contribution in [2.24, 2.45) is 0 Å². The average Bonchev–Trinajstić information content (AvgIpc) is 3.24. The van der Waals surface area contributed by atoms with Crippen molar-refractivity contribution in [3.8, 4) is 0 Å². The Morgan fingerprint density at radius 2 is 2.18 bits per heavy atom. The van der Waals surface area contributed by atoms with Crippen molar-refractivity contribution in [2.45, 2.75) is 32.9 Å².